The molecule has 0 amide bonds. The van der Waals surface area contributed by atoms with Crippen molar-refractivity contribution in [2.45, 2.75) is 43.7 Å². The van der Waals surface area contributed by atoms with Gasteiger partial charge in [0.05, 0.1) is 25.5 Å². The van der Waals surface area contributed by atoms with E-state index in [0.29, 0.717) is 58.1 Å². The van der Waals surface area contributed by atoms with Crippen LogP contribution in [0.4, 0.5) is 11.6 Å². The molecule has 11 heteroatoms. The summed E-state index contributed by atoms with van der Waals surface area (Å²) in [6.45, 7) is 0. The zero-order chi connectivity index (χ0) is 26.4. The molecular formula is C27H29N7O4. The van der Waals surface area contributed by atoms with Gasteiger partial charge in [0, 0.05) is 25.6 Å². The Hall–Kier alpha value is -4.38. The lowest BCUT2D eigenvalue weighted by atomic mass is 9.88. The number of aromatic nitrogens is 5. The van der Waals surface area contributed by atoms with Crippen molar-refractivity contribution < 1.29 is 14.6 Å². The predicted molar refractivity (Wildman–Crippen MR) is 142 cm³/mol. The van der Waals surface area contributed by atoms with E-state index in [2.05, 4.69) is 20.3 Å². The second-order valence-corrected chi connectivity index (χ2v) is 9.68. The summed E-state index contributed by atoms with van der Waals surface area (Å²) in [5.74, 6) is 1.96. The first kappa shape index (κ1) is 24.0. The number of nitrogens with zero attached hydrogens (tertiary/aromatic N) is 5. The van der Waals surface area contributed by atoms with Crippen molar-refractivity contribution in [2.75, 3.05) is 12.4 Å². The Bertz CT molecular complexity index is 1590. The Morgan fingerprint density at radius 1 is 1.24 bits per heavy atom. The standard InChI is InChI=1S/C27H29N7O4/c1-33-23-24(37-2)22(38-21(12-28)17-5-3-4-10-29-17)13-30-25(23)32-27(33)31-18-11-16(15-6-7-15)14-34(26(18)36)19-8-9-20(19)35/h3-5,10-15,19-20,35H,6-9,28H2,1-2H3,(H,30,31,32)/b21-12+/t19-,20+/m0/s1. The summed E-state index contributed by atoms with van der Waals surface area (Å²) in [6.07, 6.45) is 9.58. The van der Waals surface area contributed by atoms with Crippen LogP contribution in [-0.4, -0.2) is 42.4 Å². The summed E-state index contributed by atoms with van der Waals surface area (Å²) in [6, 6.07) is 7.12. The minimum atomic E-state index is -0.504. The van der Waals surface area contributed by atoms with E-state index in [1.54, 1.807) is 27.5 Å². The van der Waals surface area contributed by atoms with E-state index in [-0.39, 0.29) is 11.6 Å². The van der Waals surface area contributed by atoms with Gasteiger partial charge in [-0.25, -0.2) is 4.98 Å². The zero-order valence-electron chi connectivity index (χ0n) is 21.2. The minimum absolute atomic E-state index is 0.192. The summed E-state index contributed by atoms with van der Waals surface area (Å²) >= 11 is 0. The fourth-order valence-corrected chi connectivity index (χ4v) is 4.81. The molecule has 4 aromatic heterocycles. The minimum Gasteiger partial charge on any atom is -0.491 e. The number of fused-ring (bicyclic) bond motifs is 1. The molecule has 0 spiro atoms. The Morgan fingerprint density at radius 3 is 2.71 bits per heavy atom. The third kappa shape index (κ3) is 4.14. The maximum atomic E-state index is 13.4. The summed E-state index contributed by atoms with van der Waals surface area (Å²) < 4.78 is 15.2. The largest absolute Gasteiger partial charge is 0.491 e. The molecule has 6 rings (SSSR count). The maximum Gasteiger partial charge on any atom is 0.274 e. The Labute approximate surface area is 218 Å². The number of anilines is 2. The van der Waals surface area contributed by atoms with Crippen molar-refractivity contribution in [3.05, 3.63) is 70.7 Å². The zero-order valence-corrected chi connectivity index (χ0v) is 21.2. The smallest absolute Gasteiger partial charge is 0.274 e. The molecule has 11 nitrogen and oxygen atoms in total. The number of imidazole rings is 1. The number of pyridine rings is 3. The average molecular weight is 516 g/mol. The van der Waals surface area contributed by atoms with Crippen molar-refractivity contribution in [1.29, 1.82) is 0 Å². The lowest BCUT2D eigenvalue weighted by Crippen LogP contribution is -2.39. The molecule has 4 aromatic rings. The number of nitrogens with two attached hydrogens (primary N) is 1. The fraction of sp³-hybridized carbons (Fsp3) is 0.333. The van der Waals surface area contributed by atoms with Gasteiger partial charge in [-0.3, -0.25) is 9.78 Å². The van der Waals surface area contributed by atoms with Crippen LogP contribution >= 0.6 is 0 Å². The molecule has 0 aliphatic heterocycles. The average Bonchev–Trinajstić information content (AvgIpc) is 3.73. The van der Waals surface area contributed by atoms with Gasteiger partial charge < -0.3 is 34.8 Å². The van der Waals surface area contributed by atoms with E-state index in [1.807, 2.05) is 25.4 Å². The number of aliphatic hydroxyl groups excluding tert-OH is 1. The Kier molecular flexibility index (Phi) is 5.99. The normalized spacial score (nSPS) is 19.3. The summed E-state index contributed by atoms with van der Waals surface area (Å²) in [5, 5.41) is 13.5. The maximum absolute atomic E-state index is 13.4. The van der Waals surface area contributed by atoms with Crippen LogP contribution < -0.4 is 26.1 Å². The molecule has 2 aliphatic rings. The third-order valence-electron chi connectivity index (χ3n) is 7.23. The molecule has 196 valence electrons. The second kappa shape index (κ2) is 9.49. The number of ether oxygens (including phenoxy) is 2. The number of hydrogen-bond donors (Lipinski definition) is 3. The number of methoxy groups -OCH3 is 1. The van der Waals surface area contributed by atoms with Gasteiger partial charge in [-0.05, 0) is 55.4 Å². The molecule has 0 saturated heterocycles. The van der Waals surface area contributed by atoms with E-state index in [9.17, 15) is 9.90 Å². The molecule has 0 radical (unpaired) electrons. The lowest BCUT2D eigenvalue weighted by molar-refractivity contribution is 0.0299. The first-order valence-electron chi connectivity index (χ1n) is 12.6. The second-order valence-electron chi connectivity index (χ2n) is 9.68. The van der Waals surface area contributed by atoms with Gasteiger partial charge in [-0.15, -0.1) is 0 Å². The van der Waals surface area contributed by atoms with Crippen molar-refractivity contribution in [3.63, 3.8) is 0 Å². The molecule has 0 aromatic carbocycles. The van der Waals surface area contributed by atoms with Crippen molar-refractivity contribution in [1.82, 2.24) is 24.1 Å². The van der Waals surface area contributed by atoms with E-state index in [4.69, 9.17) is 15.2 Å². The molecule has 2 atom stereocenters. The SMILES string of the molecule is COc1c(O/C(=C/N)c2ccccn2)cnc2nc(Nc3cc(C4CC4)cn([C@H]4CC[C@H]4O)c3=O)n(C)c12. The van der Waals surface area contributed by atoms with Crippen LogP contribution in [0.2, 0.25) is 0 Å². The van der Waals surface area contributed by atoms with Gasteiger partial charge in [-0.1, -0.05) is 6.07 Å². The highest BCUT2D eigenvalue weighted by Gasteiger charge is 2.33. The van der Waals surface area contributed by atoms with Crippen LogP contribution in [0.15, 0.2) is 53.9 Å². The molecule has 38 heavy (non-hydrogen) atoms. The molecule has 2 aliphatic carbocycles. The molecule has 0 unspecified atom stereocenters. The highest BCUT2D eigenvalue weighted by Crippen LogP contribution is 2.42. The predicted octanol–water partition coefficient (Wildman–Crippen LogP) is 3.19. The highest BCUT2D eigenvalue weighted by atomic mass is 16.5. The molecule has 2 fully saturated rings. The molecule has 2 saturated carbocycles. The number of aryl methyl sites for hydroxylation is 1. The van der Waals surface area contributed by atoms with Gasteiger partial charge in [0.25, 0.3) is 5.56 Å². The molecule has 4 N–H and O–H groups in total. The highest BCUT2D eigenvalue weighted by molar-refractivity contribution is 5.85. The van der Waals surface area contributed by atoms with Crippen LogP contribution in [0.3, 0.4) is 0 Å². The summed E-state index contributed by atoms with van der Waals surface area (Å²) in [4.78, 5) is 26.8. The molecular weight excluding hydrogens is 486 g/mol. The number of rotatable bonds is 8. The van der Waals surface area contributed by atoms with Gasteiger partial charge >= 0.3 is 0 Å². The molecule has 4 heterocycles. The van der Waals surface area contributed by atoms with Gasteiger partial charge in [0.15, 0.2) is 22.9 Å². The number of aliphatic hydroxyl groups is 1. The van der Waals surface area contributed by atoms with Gasteiger partial charge in [0.1, 0.15) is 16.9 Å². The van der Waals surface area contributed by atoms with Crippen LogP contribution in [0, 0.1) is 0 Å². The van der Waals surface area contributed by atoms with Crippen LogP contribution in [0.1, 0.15) is 48.9 Å². The summed E-state index contributed by atoms with van der Waals surface area (Å²) in [5.41, 5.74) is 8.69. The van der Waals surface area contributed by atoms with E-state index >= 15 is 0 Å². The van der Waals surface area contributed by atoms with Crippen molar-refractivity contribution in [2.24, 2.45) is 12.8 Å². The summed E-state index contributed by atoms with van der Waals surface area (Å²) in [7, 11) is 3.35. The topological polar surface area (TPSA) is 142 Å². The van der Waals surface area contributed by atoms with Crippen LogP contribution in [0.5, 0.6) is 11.5 Å². The van der Waals surface area contributed by atoms with Crippen LogP contribution in [-0.2, 0) is 7.05 Å². The lowest BCUT2D eigenvalue weighted by Gasteiger charge is -2.34. The third-order valence-corrected chi connectivity index (χ3v) is 7.23. The van der Waals surface area contributed by atoms with E-state index in [0.717, 1.165) is 24.8 Å². The monoisotopic (exact) mass is 515 g/mol. The van der Waals surface area contributed by atoms with Gasteiger partial charge in [-0.2, -0.15) is 4.98 Å². The first-order chi connectivity index (χ1) is 18.5. The Morgan fingerprint density at radius 2 is 2.08 bits per heavy atom. The number of nitrogens with one attached hydrogen (secondary N) is 1. The van der Waals surface area contributed by atoms with Crippen molar-refractivity contribution >= 4 is 28.6 Å². The number of hydrogen-bond acceptors (Lipinski definition) is 9. The molecule has 0 bridgehead atoms. The Balaban J connectivity index is 1.38. The van der Waals surface area contributed by atoms with Gasteiger partial charge in [0.2, 0.25) is 5.95 Å². The van der Waals surface area contributed by atoms with Crippen molar-refractivity contribution in [3.8, 4) is 11.5 Å². The van der Waals surface area contributed by atoms with Crippen LogP contribution in [0.25, 0.3) is 16.9 Å². The first-order valence-corrected chi connectivity index (χ1v) is 12.6. The fourth-order valence-electron chi connectivity index (χ4n) is 4.81. The quantitative estimate of drug-likeness (QED) is 0.302. The van der Waals surface area contributed by atoms with E-state index < -0.39 is 6.10 Å². The van der Waals surface area contributed by atoms with E-state index in [1.165, 1.54) is 19.5 Å².